The van der Waals surface area contributed by atoms with E-state index in [2.05, 4.69) is 47.2 Å². The lowest BCUT2D eigenvalue weighted by Crippen LogP contribution is -2.45. The molecule has 0 aliphatic heterocycles. The van der Waals surface area contributed by atoms with E-state index in [1.807, 2.05) is 31.2 Å². The Morgan fingerprint density at radius 1 is 0.970 bits per heavy atom. The number of sulfonamides is 1. The normalized spacial score (nSPS) is 12.7. The van der Waals surface area contributed by atoms with Crippen molar-refractivity contribution in [2.75, 3.05) is 10.8 Å². The smallest absolute Gasteiger partial charge is 0.264 e. The summed E-state index contributed by atoms with van der Waals surface area (Å²) in [4.78, 5) is 13.1. The predicted molar refractivity (Wildman–Crippen MR) is 137 cm³/mol. The molecule has 0 radical (unpaired) electrons. The second-order valence-electron chi connectivity index (χ2n) is 8.73. The van der Waals surface area contributed by atoms with Crippen LogP contribution in [-0.4, -0.2) is 26.9 Å². The molecule has 0 bridgehead atoms. The molecule has 174 valence electrons. The van der Waals surface area contributed by atoms with Gasteiger partial charge in [-0.2, -0.15) is 0 Å². The average Bonchev–Trinajstić information content (AvgIpc) is 2.78. The molecule has 3 aromatic rings. The number of halogens is 1. The van der Waals surface area contributed by atoms with Crippen LogP contribution in [0.2, 0.25) is 0 Å². The van der Waals surface area contributed by atoms with Crippen molar-refractivity contribution < 1.29 is 13.2 Å². The van der Waals surface area contributed by atoms with E-state index in [1.165, 1.54) is 17.7 Å². The van der Waals surface area contributed by atoms with Crippen LogP contribution >= 0.6 is 15.9 Å². The number of amides is 1. The molecule has 1 atom stereocenters. The Hall–Kier alpha value is -2.64. The fourth-order valence-electron chi connectivity index (χ4n) is 3.94. The lowest BCUT2D eigenvalue weighted by atomic mass is 9.79. The molecule has 3 aromatic carbocycles. The van der Waals surface area contributed by atoms with E-state index in [0.29, 0.717) is 12.1 Å². The highest BCUT2D eigenvalue weighted by atomic mass is 79.9. The molecule has 0 fully saturated rings. The Bertz CT molecular complexity index is 1180. The number of nitrogens with one attached hydrogen (secondary N) is 1. The first kappa shape index (κ1) is 25.0. The number of benzene rings is 3. The van der Waals surface area contributed by atoms with Crippen molar-refractivity contribution in [2.45, 2.75) is 43.5 Å². The van der Waals surface area contributed by atoms with Crippen molar-refractivity contribution in [3.05, 3.63) is 95.0 Å². The Morgan fingerprint density at radius 2 is 1.58 bits per heavy atom. The van der Waals surface area contributed by atoms with Gasteiger partial charge in [0.1, 0.15) is 6.54 Å². The van der Waals surface area contributed by atoms with Crippen LogP contribution in [0.4, 0.5) is 5.69 Å². The van der Waals surface area contributed by atoms with Gasteiger partial charge in [-0.25, -0.2) is 8.42 Å². The molecule has 0 heterocycles. The van der Waals surface area contributed by atoms with Gasteiger partial charge in [0, 0.05) is 10.5 Å². The quantitative estimate of drug-likeness (QED) is 0.397. The van der Waals surface area contributed by atoms with Crippen molar-refractivity contribution in [1.82, 2.24) is 5.32 Å². The molecule has 1 unspecified atom stereocenters. The molecule has 0 aliphatic carbocycles. The molecule has 0 aromatic heterocycles. The summed E-state index contributed by atoms with van der Waals surface area (Å²) in [6, 6.07) is 25.1. The third kappa shape index (κ3) is 6.45. The summed E-state index contributed by atoms with van der Waals surface area (Å²) in [5.74, 6) is -0.356. The maximum Gasteiger partial charge on any atom is 0.264 e. The zero-order valence-corrected chi connectivity index (χ0v) is 21.4. The zero-order chi connectivity index (χ0) is 24.1. The fourth-order valence-corrected chi connectivity index (χ4v) is 5.76. The maximum atomic E-state index is 13.4. The van der Waals surface area contributed by atoms with E-state index in [1.54, 1.807) is 36.4 Å². The highest BCUT2D eigenvalue weighted by Crippen LogP contribution is 2.29. The van der Waals surface area contributed by atoms with Gasteiger partial charge in [-0.3, -0.25) is 9.10 Å². The van der Waals surface area contributed by atoms with Gasteiger partial charge in [-0.15, -0.1) is 0 Å². The molecule has 0 aliphatic rings. The largest absolute Gasteiger partial charge is 0.352 e. The van der Waals surface area contributed by atoms with E-state index in [4.69, 9.17) is 0 Å². The lowest BCUT2D eigenvalue weighted by Gasteiger charge is -2.30. The summed E-state index contributed by atoms with van der Waals surface area (Å²) < 4.78 is 28.7. The van der Waals surface area contributed by atoms with E-state index in [-0.39, 0.29) is 28.8 Å². The van der Waals surface area contributed by atoms with Crippen LogP contribution in [0.1, 0.15) is 32.8 Å². The number of anilines is 1. The molecule has 1 N–H and O–H groups in total. The highest BCUT2D eigenvalue weighted by Gasteiger charge is 2.29. The summed E-state index contributed by atoms with van der Waals surface area (Å²) in [6.45, 7) is 5.90. The van der Waals surface area contributed by atoms with E-state index >= 15 is 0 Å². The van der Waals surface area contributed by atoms with Crippen molar-refractivity contribution in [2.24, 2.45) is 0 Å². The van der Waals surface area contributed by atoms with Gasteiger partial charge in [0.2, 0.25) is 5.91 Å². The SMILES string of the molecule is CC(CC(C)(C)c1ccccc1)NC(=O)CN(c1cccc(Br)c1)S(=O)(=O)c1ccccc1. The number of nitrogens with zero attached hydrogens (tertiary/aromatic N) is 1. The van der Waals surface area contributed by atoms with Crippen LogP contribution in [0.15, 0.2) is 94.3 Å². The summed E-state index contributed by atoms with van der Waals surface area (Å²) in [5.41, 5.74) is 1.46. The van der Waals surface area contributed by atoms with Crippen LogP contribution in [0.25, 0.3) is 0 Å². The first-order chi connectivity index (χ1) is 15.6. The standard InChI is InChI=1S/C26H29BrN2O3S/c1-20(18-26(2,3)21-11-6-4-7-12-21)28-25(30)19-29(23-14-10-13-22(27)17-23)33(31,32)24-15-8-5-9-16-24/h4-17,20H,18-19H2,1-3H3,(H,28,30). The molecule has 3 rings (SSSR count). The molecule has 1 amide bonds. The van der Waals surface area contributed by atoms with Gasteiger partial charge in [0.15, 0.2) is 0 Å². The second-order valence-corrected chi connectivity index (χ2v) is 11.5. The molecule has 7 heteroatoms. The first-order valence-electron chi connectivity index (χ1n) is 10.8. The van der Waals surface area contributed by atoms with Crippen molar-refractivity contribution in [3.63, 3.8) is 0 Å². The number of rotatable bonds is 9. The fraction of sp³-hybridized carbons (Fsp3) is 0.269. The van der Waals surface area contributed by atoms with Crippen molar-refractivity contribution in [3.8, 4) is 0 Å². The van der Waals surface area contributed by atoms with Crippen LogP contribution in [0, 0.1) is 0 Å². The second kappa shape index (κ2) is 10.5. The molecule has 33 heavy (non-hydrogen) atoms. The van der Waals surface area contributed by atoms with Crippen molar-refractivity contribution >= 4 is 37.5 Å². The summed E-state index contributed by atoms with van der Waals surface area (Å²) in [7, 11) is -3.93. The predicted octanol–water partition coefficient (Wildman–Crippen LogP) is 5.52. The minimum absolute atomic E-state index is 0.135. The summed E-state index contributed by atoms with van der Waals surface area (Å²) in [6.07, 6.45) is 0.713. The topological polar surface area (TPSA) is 66.5 Å². The van der Waals surface area contributed by atoms with Gasteiger partial charge in [-0.05, 0) is 54.7 Å². The van der Waals surface area contributed by atoms with Gasteiger partial charge < -0.3 is 5.32 Å². The Morgan fingerprint density at radius 3 is 2.18 bits per heavy atom. The van der Waals surface area contributed by atoms with Gasteiger partial charge >= 0.3 is 0 Å². The number of hydrogen-bond donors (Lipinski definition) is 1. The van der Waals surface area contributed by atoms with Crippen LogP contribution in [0.5, 0.6) is 0 Å². The lowest BCUT2D eigenvalue weighted by molar-refractivity contribution is -0.120. The molecular formula is C26H29BrN2O3S. The van der Waals surface area contributed by atoms with Gasteiger partial charge in [-0.1, -0.05) is 84.4 Å². The maximum absolute atomic E-state index is 13.4. The highest BCUT2D eigenvalue weighted by molar-refractivity contribution is 9.10. The first-order valence-corrected chi connectivity index (χ1v) is 13.0. The molecular weight excluding hydrogens is 500 g/mol. The minimum Gasteiger partial charge on any atom is -0.352 e. The van der Waals surface area contributed by atoms with E-state index < -0.39 is 10.0 Å². The van der Waals surface area contributed by atoms with E-state index in [0.717, 1.165) is 8.78 Å². The van der Waals surface area contributed by atoms with Crippen LogP contribution < -0.4 is 9.62 Å². The van der Waals surface area contributed by atoms with Gasteiger partial charge in [0.25, 0.3) is 10.0 Å². The van der Waals surface area contributed by atoms with Crippen LogP contribution in [-0.2, 0) is 20.2 Å². The monoisotopic (exact) mass is 528 g/mol. The Balaban J connectivity index is 1.79. The van der Waals surface area contributed by atoms with Gasteiger partial charge in [0.05, 0.1) is 10.6 Å². The number of carbonyl (C=O) groups is 1. The number of hydrogen-bond acceptors (Lipinski definition) is 3. The minimum atomic E-state index is -3.93. The zero-order valence-electron chi connectivity index (χ0n) is 19.0. The average molecular weight is 530 g/mol. The molecule has 0 spiro atoms. The van der Waals surface area contributed by atoms with Crippen LogP contribution in [0.3, 0.4) is 0 Å². The molecule has 5 nitrogen and oxygen atoms in total. The number of carbonyl (C=O) groups excluding carboxylic acids is 1. The third-order valence-corrected chi connectivity index (χ3v) is 7.78. The Labute approximate surface area is 205 Å². The van der Waals surface area contributed by atoms with Crippen molar-refractivity contribution in [1.29, 1.82) is 0 Å². The van der Waals surface area contributed by atoms with E-state index in [9.17, 15) is 13.2 Å². The Kier molecular flexibility index (Phi) is 7.97. The third-order valence-electron chi connectivity index (χ3n) is 5.49. The summed E-state index contributed by atoms with van der Waals surface area (Å²) in [5, 5.41) is 2.99. The molecule has 0 saturated heterocycles. The molecule has 0 saturated carbocycles. The summed E-state index contributed by atoms with van der Waals surface area (Å²) >= 11 is 3.39.